The second-order valence-corrected chi connectivity index (χ2v) is 4.54. The molecule has 3 aromatic rings. The fraction of sp³-hybridized carbons (Fsp3) is 0.143. The van der Waals surface area contributed by atoms with Gasteiger partial charge in [0.2, 0.25) is 5.91 Å². The SMILES string of the molecule is C[C@@H](Nc1ncnc2nc[nH]c12)C(=O)Nc1ccccc1. The lowest BCUT2D eigenvalue weighted by Crippen LogP contribution is -2.32. The molecule has 106 valence electrons. The summed E-state index contributed by atoms with van der Waals surface area (Å²) in [4.78, 5) is 27.3. The summed E-state index contributed by atoms with van der Waals surface area (Å²) in [6.45, 7) is 1.77. The van der Waals surface area contributed by atoms with Gasteiger partial charge in [0.1, 0.15) is 17.9 Å². The van der Waals surface area contributed by atoms with Crippen LogP contribution in [0.4, 0.5) is 11.5 Å². The Morgan fingerprint density at radius 3 is 2.81 bits per heavy atom. The molecule has 3 N–H and O–H groups in total. The Kier molecular flexibility index (Phi) is 3.46. The second-order valence-electron chi connectivity index (χ2n) is 4.54. The number of aromatic amines is 1. The summed E-state index contributed by atoms with van der Waals surface area (Å²) in [7, 11) is 0. The fourth-order valence-electron chi connectivity index (χ4n) is 1.92. The van der Waals surface area contributed by atoms with Crippen LogP contribution >= 0.6 is 0 Å². The number of hydrogen-bond acceptors (Lipinski definition) is 5. The highest BCUT2D eigenvalue weighted by molar-refractivity contribution is 5.97. The summed E-state index contributed by atoms with van der Waals surface area (Å²) in [6.07, 6.45) is 2.95. The van der Waals surface area contributed by atoms with Crippen molar-refractivity contribution < 1.29 is 4.79 Å². The van der Waals surface area contributed by atoms with E-state index in [0.717, 1.165) is 5.69 Å². The van der Waals surface area contributed by atoms with Crippen LogP contribution in [-0.4, -0.2) is 31.9 Å². The lowest BCUT2D eigenvalue weighted by Gasteiger charge is -2.14. The van der Waals surface area contributed by atoms with E-state index in [2.05, 4.69) is 30.6 Å². The number of H-pyrrole nitrogens is 1. The molecule has 2 aromatic heterocycles. The van der Waals surface area contributed by atoms with Crippen LogP contribution in [0.1, 0.15) is 6.92 Å². The number of nitrogens with zero attached hydrogens (tertiary/aromatic N) is 3. The number of carbonyl (C=O) groups is 1. The number of imidazole rings is 1. The van der Waals surface area contributed by atoms with E-state index in [1.54, 1.807) is 13.3 Å². The van der Waals surface area contributed by atoms with Crippen molar-refractivity contribution in [2.24, 2.45) is 0 Å². The predicted octanol–water partition coefficient (Wildman–Crippen LogP) is 1.79. The monoisotopic (exact) mass is 282 g/mol. The molecule has 0 unspecified atom stereocenters. The Labute approximate surface area is 120 Å². The van der Waals surface area contributed by atoms with Crippen molar-refractivity contribution in [1.29, 1.82) is 0 Å². The largest absolute Gasteiger partial charge is 0.357 e. The maximum atomic E-state index is 12.1. The molecule has 0 saturated heterocycles. The Morgan fingerprint density at radius 2 is 2.00 bits per heavy atom. The van der Waals surface area contributed by atoms with Gasteiger partial charge >= 0.3 is 0 Å². The highest BCUT2D eigenvalue weighted by atomic mass is 16.2. The molecular weight excluding hydrogens is 268 g/mol. The first-order valence-electron chi connectivity index (χ1n) is 6.50. The fourth-order valence-corrected chi connectivity index (χ4v) is 1.92. The third-order valence-electron chi connectivity index (χ3n) is 3.01. The maximum Gasteiger partial charge on any atom is 0.246 e. The van der Waals surface area contributed by atoms with E-state index in [-0.39, 0.29) is 5.91 Å². The van der Waals surface area contributed by atoms with Gasteiger partial charge in [-0.2, -0.15) is 0 Å². The van der Waals surface area contributed by atoms with Crippen molar-refractivity contribution in [1.82, 2.24) is 19.9 Å². The van der Waals surface area contributed by atoms with Crippen LogP contribution in [0.25, 0.3) is 11.2 Å². The minimum Gasteiger partial charge on any atom is -0.357 e. The third-order valence-corrected chi connectivity index (χ3v) is 3.01. The number of hydrogen-bond donors (Lipinski definition) is 3. The van der Waals surface area contributed by atoms with E-state index < -0.39 is 6.04 Å². The van der Waals surface area contributed by atoms with Gasteiger partial charge in [-0.1, -0.05) is 18.2 Å². The minimum absolute atomic E-state index is 0.146. The first-order chi connectivity index (χ1) is 10.2. The maximum absolute atomic E-state index is 12.1. The molecule has 0 saturated carbocycles. The van der Waals surface area contributed by atoms with Crippen molar-refractivity contribution in [3.05, 3.63) is 43.0 Å². The van der Waals surface area contributed by atoms with Crippen molar-refractivity contribution in [3.8, 4) is 0 Å². The zero-order valence-electron chi connectivity index (χ0n) is 11.4. The van der Waals surface area contributed by atoms with Crippen LogP contribution in [0.3, 0.4) is 0 Å². The van der Waals surface area contributed by atoms with Crippen molar-refractivity contribution >= 4 is 28.6 Å². The number of rotatable bonds is 4. The summed E-state index contributed by atoms with van der Waals surface area (Å²) < 4.78 is 0. The summed E-state index contributed by atoms with van der Waals surface area (Å²) in [6, 6.07) is 8.85. The van der Waals surface area contributed by atoms with Crippen molar-refractivity contribution in [2.75, 3.05) is 10.6 Å². The molecule has 7 heteroatoms. The van der Waals surface area contributed by atoms with Crippen LogP contribution in [0.2, 0.25) is 0 Å². The average Bonchev–Trinajstić information content (AvgIpc) is 2.98. The molecule has 2 heterocycles. The Bertz CT molecular complexity index is 754. The molecule has 0 aliphatic carbocycles. The molecule has 21 heavy (non-hydrogen) atoms. The number of carbonyl (C=O) groups excluding carboxylic acids is 1. The minimum atomic E-state index is -0.452. The number of amides is 1. The topological polar surface area (TPSA) is 95.6 Å². The molecule has 0 fully saturated rings. The molecule has 1 aromatic carbocycles. The van der Waals surface area contributed by atoms with E-state index >= 15 is 0 Å². The number of para-hydroxylation sites is 1. The second kappa shape index (κ2) is 5.58. The van der Waals surface area contributed by atoms with Crippen molar-refractivity contribution in [3.63, 3.8) is 0 Å². The number of fused-ring (bicyclic) bond motifs is 1. The number of nitrogens with one attached hydrogen (secondary N) is 3. The summed E-state index contributed by atoms with van der Waals surface area (Å²) >= 11 is 0. The quantitative estimate of drug-likeness (QED) is 0.678. The number of anilines is 2. The first-order valence-corrected chi connectivity index (χ1v) is 6.50. The van der Waals surface area contributed by atoms with Gasteiger partial charge in [0.25, 0.3) is 0 Å². The van der Waals surface area contributed by atoms with E-state index in [1.807, 2.05) is 30.3 Å². The normalized spacial score (nSPS) is 12.0. The van der Waals surface area contributed by atoms with E-state index in [4.69, 9.17) is 0 Å². The highest BCUT2D eigenvalue weighted by Crippen LogP contribution is 2.15. The zero-order valence-corrected chi connectivity index (χ0v) is 11.4. The summed E-state index contributed by atoms with van der Waals surface area (Å²) in [5, 5.41) is 5.89. The first kappa shape index (κ1) is 13.0. The van der Waals surface area contributed by atoms with E-state index in [1.165, 1.54) is 6.33 Å². The van der Waals surface area contributed by atoms with Gasteiger partial charge in [-0.15, -0.1) is 0 Å². The van der Waals surface area contributed by atoms with E-state index in [0.29, 0.717) is 17.0 Å². The molecule has 0 aliphatic rings. The molecular formula is C14H14N6O. The molecule has 1 amide bonds. The smallest absolute Gasteiger partial charge is 0.246 e. The molecule has 7 nitrogen and oxygen atoms in total. The highest BCUT2D eigenvalue weighted by Gasteiger charge is 2.15. The van der Waals surface area contributed by atoms with Crippen LogP contribution in [0.15, 0.2) is 43.0 Å². The summed E-state index contributed by atoms with van der Waals surface area (Å²) in [5.41, 5.74) is 1.99. The van der Waals surface area contributed by atoms with Gasteiger partial charge in [-0.3, -0.25) is 4.79 Å². The lowest BCUT2D eigenvalue weighted by atomic mass is 10.2. The standard InChI is InChI=1S/C14H14N6O/c1-9(14(21)20-10-5-3-2-4-6-10)19-13-11-12(16-7-15-11)17-8-18-13/h2-9H,1H3,(H,20,21)(H2,15,16,17,18,19)/t9-/m1/s1. The van der Waals surface area contributed by atoms with Gasteiger partial charge in [-0.05, 0) is 19.1 Å². The molecule has 0 spiro atoms. The zero-order chi connectivity index (χ0) is 14.7. The molecule has 0 aliphatic heterocycles. The van der Waals surface area contributed by atoms with Gasteiger partial charge in [0.15, 0.2) is 11.5 Å². The Balaban J connectivity index is 1.72. The van der Waals surface area contributed by atoms with Crippen LogP contribution in [0, 0.1) is 0 Å². The Morgan fingerprint density at radius 1 is 1.19 bits per heavy atom. The third kappa shape index (κ3) is 2.81. The van der Waals surface area contributed by atoms with Crippen LogP contribution in [-0.2, 0) is 4.79 Å². The summed E-state index contributed by atoms with van der Waals surface area (Å²) in [5.74, 6) is 0.403. The predicted molar refractivity (Wildman–Crippen MR) is 79.8 cm³/mol. The van der Waals surface area contributed by atoms with E-state index in [9.17, 15) is 4.79 Å². The van der Waals surface area contributed by atoms with Crippen LogP contribution < -0.4 is 10.6 Å². The number of aromatic nitrogens is 4. The van der Waals surface area contributed by atoms with Gasteiger partial charge < -0.3 is 15.6 Å². The van der Waals surface area contributed by atoms with Gasteiger partial charge in [-0.25, -0.2) is 15.0 Å². The van der Waals surface area contributed by atoms with Crippen LogP contribution in [0.5, 0.6) is 0 Å². The van der Waals surface area contributed by atoms with Gasteiger partial charge in [0.05, 0.1) is 6.33 Å². The van der Waals surface area contributed by atoms with Crippen molar-refractivity contribution in [2.45, 2.75) is 13.0 Å². The molecule has 0 radical (unpaired) electrons. The van der Waals surface area contributed by atoms with Gasteiger partial charge in [0, 0.05) is 5.69 Å². The molecule has 3 rings (SSSR count). The lowest BCUT2D eigenvalue weighted by molar-refractivity contribution is -0.116. The average molecular weight is 282 g/mol. The molecule has 1 atom stereocenters. The molecule has 0 bridgehead atoms. The number of benzene rings is 1. The Hall–Kier alpha value is -2.96.